The number of carbonyl (C=O) groups excluding carboxylic acids is 3. The number of halogens is 8. The van der Waals surface area contributed by atoms with E-state index in [2.05, 4.69) is 90.4 Å². The van der Waals surface area contributed by atoms with E-state index in [-0.39, 0.29) is 31.6 Å². The minimum absolute atomic E-state index is 0.0727. The predicted molar refractivity (Wildman–Crippen MR) is 205 cm³/mol. The summed E-state index contributed by atoms with van der Waals surface area (Å²) in [6.45, 7) is -1.96. The topological polar surface area (TPSA) is 136 Å². The first-order valence-electron chi connectivity index (χ1n) is 13.0. The molecule has 4 aliphatic carbocycles. The summed E-state index contributed by atoms with van der Waals surface area (Å²) in [7, 11) is -6.10. The van der Waals surface area contributed by atoms with Gasteiger partial charge in [0.1, 0.15) is 11.2 Å². The highest BCUT2D eigenvalue weighted by molar-refractivity contribution is 14.1. The highest BCUT2D eigenvalue weighted by Gasteiger charge is 2.70. The first-order chi connectivity index (χ1) is 20.7. The first-order valence-corrected chi connectivity index (χ1v) is 20.8. The summed E-state index contributed by atoms with van der Waals surface area (Å²) in [5, 5.41) is -4.84. The van der Waals surface area contributed by atoms with Gasteiger partial charge in [-0.3, -0.25) is 4.79 Å². The lowest BCUT2D eigenvalue weighted by Gasteiger charge is -2.63. The second kappa shape index (κ2) is 13.3. The van der Waals surface area contributed by atoms with Gasteiger partial charge in [0.05, 0.1) is 16.5 Å². The van der Waals surface area contributed by atoms with Gasteiger partial charge in [-0.2, -0.15) is 8.78 Å². The summed E-state index contributed by atoms with van der Waals surface area (Å²) in [5.74, 6) is -2.77. The molecule has 4 fully saturated rings. The number of carbonyl (C=O) groups is 3. The van der Waals surface area contributed by atoms with Crippen molar-refractivity contribution >= 4 is 164 Å². The van der Waals surface area contributed by atoms with Crippen molar-refractivity contribution in [2.45, 2.75) is 55.0 Å². The third kappa shape index (κ3) is 7.55. The Bertz CT molecular complexity index is 1650. The van der Waals surface area contributed by atoms with Gasteiger partial charge in [-0.1, -0.05) is 0 Å². The third-order valence-corrected chi connectivity index (χ3v) is 16.4. The quantitative estimate of drug-likeness (QED) is 0.0868. The number of ether oxygens (including phenoxy) is 3. The van der Waals surface area contributed by atoms with Gasteiger partial charge < -0.3 is 18.8 Å². The number of rotatable bonds is 8. The second-order valence-electron chi connectivity index (χ2n) is 11.6. The van der Waals surface area contributed by atoms with E-state index >= 15 is 0 Å². The Morgan fingerprint density at radius 1 is 0.800 bits per heavy atom. The molecule has 0 aromatic heterocycles. The Hall–Kier alpha value is 1.00. The fourth-order valence-electron chi connectivity index (χ4n) is 7.00. The summed E-state index contributed by atoms with van der Waals surface area (Å²) < 4.78 is 83.1. The molecule has 2 aromatic carbocycles. The Balaban J connectivity index is 1.52. The minimum atomic E-state index is -6.10. The molecule has 4 aliphatic rings. The van der Waals surface area contributed by atoms with Crippen LogP contribution in [0.5, 0.6) is 0 Å². The van der Waals surface area contributed by atoms with Crippen molar-refractivity contribution in [3.05, 3.63) is 56.8 Å². The molecule has 18 heteroatoms. The standard InChI is InChI=1S/C27H20F2I6O9S/c28-27(29,45(39,40)41)11-42-23(38)24-5-12-6-25(8-24,43-21(36)15-1-13(30)3-17(32)19(15)34)10-26(7-12,9-24)44-22(37)16-2-14(31)4-18(33)20(16)35/h1-4,12H,5-11H2,(H,39,40,41)/p-1. The van der Waals surface area contributed by atoms with Gasteiger partial charge in [-0.05, 0) is 185 Å². The number of benzene rings is 2. The molecule has 0 saturated heterocycles. The van der Waals surface area contributed by atoms with E-state index in [9.17, 15) is 36.1 Å². The van der Waals surface area contributed by atoms with Crippen LogP contribution in [0.4, 0.5) is 8.78 Å². The van der Waals surface area contributed by atoms with Crippen molar-refractivity contribution in [1.82, 2.24) is 0 Å². The van der Waals surface area contributed by atoms with E-state index in [1.54, 1.807) is 12.1 Å². The van der Waals surface area contributed by atoms with E-state index < -0.39 is 56.5 Å². The maximum atomic E-state index is 14.0. The molecule has 45 heavy (non-hydrogen) atoms. The second-order valence-corrected chi connectivity index (χ2v) is 20.1. The van der Waals surface area contributed by atoms with E-state index in [1.165, 1.54) is 0 Å². The molecular weight excluding hydrogens is 1300 g/mol. The number of hydrogen-bond acceptors (Lipinski definition) is 9. The zero-order chi connectivity index (χ0) is 33.3. The summed E-state index contributed by atoms with van der Waals surface area (Å²) >= 11 is 12.5. The average Bonchev–Trinajstić information content (AvgIpc) is 2.89. The Labute approximate surface area is 338 Å². The van der Waals surface area contributed by atoms with Crippen LogP contribution in [0.15, 0.2) is 24.3 Å². The minimum Gasteiger partial charge on any atom is -0.743 e. The fourth-order valence-corrected chi connectivity index (χ4v) is 12.0. The smallest absolute Gasteiger partial charge is 0.367 e. The van der Waals surface area contributed by atoms with Crippen LogP contribution in [0.2, 0.25) is 0 Å². The van der Waals surface area contributed by atoms with Crippen LogP contribution in [0.3, 0.4) is 0 Å². The van der Waals surface area contributed by atoms with Crippen LogP contribution in [0.25, 0.3) is 0 Å². The van der Waals surface area contributed by atoms with Gasteiger partial charge in [-0.15, -0.1) is 0 Å². The van der Waals surface area contributed by atoms with Crippen molar-refractivity contribution < 1.29 is 50.3 Å². The van der Waals surface area contributed by atoms with Crippen LogP contribution in [-0.4, -0.2) is 53.9 Å². The monoisotopic (exact) mass is 1320 g/mol. The zero-order valence-corrected chi connectivity index (χ0v) is 36.2. The first kappa shape index (κ1) is 37.3. The van der Waals surface area contributed by atoms with Crippen LogP contribution >= 0.6 is 136 Å². The molecular formula is C27H19F2I6O9S-. The van der Waals surface area contributed by atoms with Gasteiger partial charge in [0, 0.05) is 40.7 Å². The summed E-state index contributed by atoms with van der Waals surface area (Å²) in [4.78, 5) is 41.0. The third-order valence-electron chi connectivity index (χ3n) is 8.18. The molecule has 2 aromatic rings. The summed E-state index contributed by atoms with van der Waals surface area (Å²) in [6, 6.07) is 7.16. The predicted octanol–water partition coefficient (Wildman–Crippen LogP) is 7.47. The molecule has 4 bridgehead atoms. The molecule has 0 N–H and O–H groups in total. The van der Waals surface area contributed by atoms with Crippen molar-refractivity contribution in [2.75, 3.05) is 6.61 Å². The van der Waals surface area contributed by atoms with Gasteiger partial charge in [0.25, 0.3) is 0 Å². The van der Waals surface area contributed by atoms with Crippen molar-refractivity contribution in [1.29, 1.82) is 0 Å². The Morgan fingerprint density at radius 3 is 1.67 bits per heavy atom. The number of hydrogen-bond donors (Lipinski definition) is 0. The van der Waals surface area contributed by atoms with Crippen LogP contribution in [-0.2, 0) is 29.1 Å². The molecule has 9 nitrogen and oxygen atoms in total. The van der Waals surface area contributed by atoms with Gasteiger partial charge in [0.2, 0.25) is 0 Å². The maximum absolute atomic E-state index is 14.0. The fraction of sp³-hybridized carbons (Fsp3) is 0.444. The molecule has 2 atom stereocenters. The average molecular weight is 1320 g/mol. The number of alkyl halides is 2. The highest BCUT2D eigenvalue weighted by atomic mass is 127. The van der Waals surface area contributed by atoms with Gasteiger partial charge >= 0.3 is 23.2 Å². The molecule has 0 aliphatic heterocycles. The van der Waals surface area contributed by atoms with Crippen LogP contribution in [0.1, 0.15) is 59.2 Å². The molecule has 244 valence electrons. The van der Waals surface area contributed by atoms with Gasteiger partial charge in [0.15, 0.2) is 16.7 Å². The normalized spacial score (nSPS) is 27.3. The van der Waals surface area contributed by atoms with E-state index in [0.29, 0.717) is 31.1 Å². The van der Waals surface area contributed by atoms with Crippen molar-refractivity contribution in [3.8, 4) is 0 Å². The van der Waals surface area contributed by atoms with Crippen molar-refractivity contribution in [2.24, 2.45) is 11.3 Å². The Morgan fingerprint density at radius 2 is 1.24 bits per heavy atom. The largest absolute Gasteiger partial charge is 0.743 e. The highest BCUT2D eigenvalue weighted by Crippen LogP contribution is 2.66. The van der Waals surface area contributed by atoms with Crippen LogP contribution in [0, 0.1) is 32.8 Å². The van der Waals surface area contributed by atoms with Crippen LogP contribution < -0.4 is 0 Å². The summed E-state index contributed by atoms with van der Waals surface area (Å²) in [6.07, 6.45) is 0.711. The maximum Gasteiger partial charge on any atom is 0.367 e. The van der Waals surface area contributed by atoms with Gasteiger partial charge in [-0.25, -0.2) is 18.0 Å². The molecule has 2 unspecified atom stereocenters. The molecule has 0 radical (unpaired) electrons. The molecule has 0 heterocycles. The Kier molecular flexibility index (Phi) is 11.0. The number of esters is 3. The lowest BCUT2D eigenvalue weighted by Crippen LogP contribution is -2.67. The summed E-state index contributed by atoms with van der Waals surface area (Å²) in [5.41, 5.74) is -3.54. The lowest BCUT2D eigenvalue weighted by atomic mass is 9.46. The van der Waals surface area contributed by atoms with E-state index in [0.717, 1.165) is 14.3 Å². The molecule has 0 spiro atoms. The lowest BCUT2D eigenvalue weighted by molar-refractivity contribution is -0.238. The van der Waals surface area contributed by atoms with Crippen molar-refractivity contribution in [3.63, 3.8) is 0 Å². The zero-order valence-electron chi connectivity index (χ0n) is 22.4. The van der Waals surface area contributed by atoms with E-state index in [4.69, 9.17) is 14.2 Å². The SMILES string of the molecule is O=C(OC12CC3CC(OC(=O)c4cc(I)cc(I)c4I)(C1)CC(C(=O)OCC(F)(F)S(=O)(=O)[O-])(C3)C2)c1cc(I)cc(I)c1I. The van der Waals surface area contributed by atoms with E-state index in [1.807, 2.05) is 57.3 Å². The molecule has 0 amide bonds. The molecule has 4 saturated carbocycles. The molecule has 6 rings (SSSR count).